The molecule has 0 aliphatic carbocycles. The van der Waals surface area contributed by atoms with Crippen molar-refractivity contribution in [1.82, 2.24) is 0 Å². The lowest BCUT2D eigenvalue weighted by atomic mass is 10.2. The standard InChI is InChI=1S/C10H14O3S/c1-8-4-5-10(9(2)6-8)14(11,12)7-13-3/h4-6H,7H2,1-3H3. The lowest BCUT2D eigenvalue weighted by Gasteiger charge is -2.07. The molecule has 0 bridgehead atoms. The summed E-state index contributed by atoms with van der Waals surface area (Å²) in [5, 5.41) is 0. The van der Waals surface area contributed by atoms with Crippen LogP contribution in [0.25, 0.3) is 0 Å². The van der Waals surface area contributed by atoms with E-state index in [1.54, 1.807) is 19.1 Å². The summed E-state index contributed by atoms with van der Waals surface area (Å²) in [6, 6.07) is 5.26. The topological polar surface area (TPSA) is 43.4 Å². The van der Waals surface area contributed by atoms with Crippen molar-refractivity contribution in [3.05, 3.63) is 29.3 Å². The van der Waals surface area contributed by atoms with Crippen LogP contribution in [0.3, 0.4) is 0 Å². The van der Waals surface area contributed by atoms with Crippen LogP contribution in [0.5, 0.6) is 0 Å². The number of aryl methyl sites for hydroxylation is 2. The Morgan fingerprint density at radius 1 is 1.29 bits per heavy atom. The maximum absolute atomic E-state index is 11.6. The van der Waals surface area contributed by atoms with E-state index >= 15 is 0 Å². The zero-order valence-electron chi connectivity index (χ0n) is 8.57. The predicted molar refractivity (Wildman–Crippen MR) is 55.0 cm³/mol. The Kier molecular flexibility index (Phi) is 3.29. The van der Waals surface area contributed by atoms with E-state index in [2.05, 4.69) is 4.74 Å². The maximum Gasteiger partial charge on any atom is 0.202 e. The van der Waals surface area contributed by atoms with Gasteiger partial charge in [0.05, 0.1) is 4.90 Å². The number of hydrogen-bond donors (Lipinski definition) is 0. The molecule has 0 unspecified atom stereocenters. The SMILES string of the molecule is COCS(=O)(=O)c1ccc(C)cc1C. The highest BCUT2D eigenvalue weighted by Gasteiger charge is 2.15. The molecule has 0 aliphatic heterocycles. The number of hydrogen-bond acceptors (Lipinski definition) is 3. The molecule has 0 aliphatic rings. The summed E-state index contributed by atoms with van der Waals surface area (Å²) in [5.74, 6) is -0.267. The Balaban J connectivity index is 3.20. The highest BCUT2D eigenvalue weighted by Crippen LogP contribution is 2.17. The Bertz CT molecular complexity index is 421. The molecule has 0 amide bonds. The number of ether oxygens (including phenoxy) is 1. The third kappa shape index (κ3) is 2.33. The molecule has 3 nitrogen and oxygen atoms in total. The molecule has 1 rings (SSSR count). The van der Waals surface area contributed by atoms with E-state index in [1.807, 2.05) is 13.0 Å². The van der Waals surface area contributed by atoms with Crippen molar-refractivity contribution in [1.29, 1.82) is 0 Å². The van der Waals surface area contributed by atoms with Gasteiger partial charge >= 0.3 is 0 Å². The number of methoxy groups -OCH3 is 1. The van der Waals surface area contributed by atoms with Crippen LogP contribution in [-0.4, -0.2) is 21.5 Å². The van der Waals surface area contributed by atoms with Crippen molar-refractivity contribution < 1.29 is 13.2 Å². The molecule has 14 heavy (non-hydrogen) atoms. The Labute approximate surface area is 84.6 Å². The average molecular weight is 214 g/mol. The molecule has 0 fully saturated rings. The van der Waals surface area contributed by atoms with Crippen LogP contribution in [0.4, 0.5) is 0 Å². The van der Waals surface area contributed by atoms with Crippen molar-refractivity contribution in [3.63, 3.8) is 0 Å². The number of benzene rings is 1. The molecule has 0 radical (unpaired) electrons. The van der Waals surface area contributed by atoms with Gasteiger partial charge in [0.15, 0.2) is 5.94 Å². The quantitative estimate of drug-likeness (QED) is 0.769. The summed E-state index contributed by atoms with van der Waals surface area (Å²) >= 11 is 0. The molecule has 1 aromatic carbocycles. The van der Waals surface area contributed by atoms with Gasteiger partial charge in [0.25, 0.3) is 0 Å². The fraction of sp³-hybridized carbons (Fsp3) is 0.400. The zero-order chi connectivity index (χ0) is 10.8. The van der Waals surface area contributed by atoms with Gasteiger partial charge in [-0.25, -0.2) is 8.42 Å². The molecule has 0 aromatic heterocycles. The van der Waals surface area contributed by atoms with Crippen LogP contribution in [-0.2, 0) is 14.6 Å². The molecule has 4 heteroatoms. The molecule has 78 valence electrons. The van der Waals surface area contributed by atoms with E-state index in [4.69, 9.17) is 0 Å². The number of sulfone groups is 1. The zero-order valence-corrected chi connectivity index (χ0v) is 9.39. The third-order valence-corrected chi connectivity index (χ3v) is 3.61. The normalized spacial score (nSPS) is 11.6. The van der Waals surface area contributed by atoms with Crippen molar-refractivity contribution >= 4 is 9.84 Å². The highest BCUT2D eigenvalue weighted by molar-refractivity contribution is 7.91. The smallest absolute Gasteiger partial charge is 0.202 e. The Morgan fingerprint density at radius 3 is 2.43 bits per heavy atom. The molecule has 0 spiro atoms. The van der Waals surface area contributed by atoms with Crippen LogP contribution in [0, 0.1) is 13.8 Å². The van der Waals surface area contributed by atoms with E-state index in [-0.39, 0.29) is 5.94 Å². The lowest BCUT2D eigenvalue weighted by molar-refractivity contribution is 0.249. The Hall–Kier alpha value is -0.870. The first-order valence-electron chi connectivity index (χ1n) is 4.26. The van der Waals surface area contributed by atoms with Gasteiger partial charge in [-0.05, 0) is 25.5 Å². The van der Waals surface area contributed by atoms with Crippen molar-refractivity contribution in [3.8, 4) is 0 Å². The molecule has 0 N–H and O–H groups in total. The van der Waals surface area contributed by atoms with Gasteiger partial charge in [-0.15, -0.1) is 0 Å². The van der Waals surface area contributed by atoms with E-state index < -0.39 is 9.84 Å². The molecular formula is C10H14O3S. The fourth-order valence-electron chi connectivity index (χ4n) is 1.37. The van der Waals surface area contributed by atoms with Gasteiger partial charge in [-0.2, -0.15) is 0 Å². The van der Waals surface area contributed by atoms with Crippen molar-refractivity contribution in [2.75, 3.05) is 13.0 Å². The predicted octanol–water partition coefficient (Wildman–Crippen LogP) is 1.68. The molecule has 0 heterocycles. The van der Waals surface area contributed by atoms with Gasteiger partial charge in [-0.1, -0.05) is 17.7 Å². The lowest BCUT2D eigenvalue weighted by Crippen LogP contribution is -2.09. The molecule has 0 saturated heterocycles. The van der Waals surface area contributed by atoms with Gasteiger partial charge < -0.3 is 4.74 Å². The molecule has 0 atom stereocenters. The first-order valence-corrected chi connectivity index (χ1v) is 5.91. The first kappa shape index (κ1) is 11.2. The van der Waals surface area contributed by atoms with Gasteiger partial charge in [0, 0.05) is 7.11 Å². The highest BCUT2D eigenvalue weighted by atomic mass is 32.2. The van der Waals surface area contributed by atoms with Crippen LogP contribution in [0.1, 0.15) is 11.1 Å². The fourth-order valence-corrected chi connectivity index (χ4v) is 2.63. The number of rotatable bonds is 3. The second-order valence-corrected chi connectivity index (χ2v) is 5.20. The van der Waals surface area contributed by atoms with Crippen molar-refractivity contribution in [2.24, 2.45) is 0 Å². The second-order valence-electron chi connectivity index (χ2n) is 3.29. The maximum atomic E-state index is 11.6. The summed E-state index contributed by atoms with van der Waals surface area (Å²) in [5.41, 5.74) is 1.82. The summed E-state index contributed by atoms with van der Waals surface area (Å²) in [6.45, 7) is 3.72. The minimum atomic E-state index is -3.28. The summed E-state index contributed by atoms with van der Waals surface area (Å²) in [6.07, 6.45) is 0. The molecular weight excluding hydrogens is 200 g/mol. The minimum absolute atomic E-state index is 0.267. The van der Waals surface area contributed by atoms with E-state index in [9.17, 15) is 8.42 Å². The van der Waals surface area contributed by atoms with E-state index in [0.717, 1.165) is 11.1 Å². The molecule has 0 saturated carbocycles. The summed E-state index contributed by atoms with van der Waals surface area (Å²) in [4.78, 5) is 0.352. The van der Waals surface area contributed by atoms with Gasteiger partial charge in [0.2, 0.25) is 9.84 Å². The molecule has 1 aromatic rings. The summed E-state index contributed by atoms with van der Waals surface area (Å²) in [7, 11) is -1.90. The average Bonchev–Trinajstić information content (AvgIpc) is 2.02. The van der Waals surface area contributed by atoms with Crippen LogP contribution in [0.15, 0.2) is 23.1 Å². The minimum Gasteiger partial charge on any atom is -0.368 e. The van der Waals surface area contributed by atoms with Crippen LogP contribution in [0.2, 0.25) is 0 Å². The van der Waals surface area contributed by atoms with Crippen LogP contribution >= 0.6 is 0 Å². The van der Waals surface area contributed by atoms with Crippen LogP contribution < -0.4 is 0 Å². The van der Waals surface area contributed by atoms with E-state index in [0.29, 0.717) is 4.90 Å². The third-order valence-electron chi connectivity index (χ3n) is 1.94. The first-order chi connectivity index (χ1) is 6.47. The largest absolute Gasteiger partial charge is 0.368 e. The van der Waals surface area contributed by atoms with E-state index in [1.165, 1.54) is 7.11 Å². The summed E-state index contributed by atoms with van der Waals surface area (Å²) < 4.78 is 27.9. The van der Waals surface area contributed by atoms with Gasteiger partial charge in [0.1, 0.15) is 0 Å². The monoisotopic (exact) mass is 214 g/mol. The Morgan fingerprint density at radius 2 is 1.93 bits per heavy atom. The van der Waals surface area contributed by atoms with Crippen molar-refractivity contribution in [2.45, 2.75) is 18.7 Å². The van der Waals surface area contributed by atoms with Gasteiger partial charge in [-0.3, -0.25) is 0 Å². The second kappa shape index (κ2) is 4.11.